The standard InChI is InChI=1S/C16H23BrN2O/c1-12-7-6-8-13(15(12)17)19-14(20)11-16(18-2)9-4-3-5-10-16/h6-8,18H,3-5,9-11H2,1-2H3,(H,19,20). The highest BCUT2D eigenvalue weighted by Crippen LogP contribution is 2.32. The van der Waals surface area contributed by atoms with Crippen molar-refractivity contribution < 1.29 is 4.79 Å². The largest absolute Gasteiger partial charge is 0.325 e. The highest BCUT2D eigenvalue weighted by atomic mass is 79.9. The molecule has 0 aliphatic heterocycles. The van der Waals surface area contributed by atoms with Gasteiger partial charge < -0.3 is 10.6 Å². The Labute approximate surface area is 129 Å². The van der Waals surface area contributed by atoms with E-state index in [4.69, 9.17) is 0 Å². The highest BCUT2D eigenvalue weighted by molar-refractivity contribution is 9.10. The number of hydrogen-bond donors (Lipinski definition) is 2. The molecule has 0 spiro atoms. The molecule has 0 saturated heterocycles. The van der Waals surface area contributed by atoms with E-state index < -0.39 is 0 Å². The van der Waals surface area contributed by atoms with Gasteiger partial charge in [-0.05, 0) is 54.4 Å². The normalized spacial score (nSPS) is 17.8. The van der Waals surface area contributed by atoms with Crippen LogP contribution in [0.15, 0.2) is 22.7 Å². The predicted molar refractivity (Wildman–Crippen MR) is 87.0 cm³/mol. The maximum absolute atomic E-state index is 12.3. The molecule has 1 amide bonds. The zero-order chi connectivity index (χ0) is 14.6. The van der Waals surface area contributed by atoms with E-state index in [0.717, 1.165) is 28.6 Å². The van der Waals surface area contributed by atoms with Crippen molar-refractivity contribution in [2.75, 3.05) is 12.4 Å². The lowest BCUT2D eigenvalue weighted by atomic mass is 9.79. The summed E-state index contributed by atoms with van der Waals surface area (Å²) in [5.41, 5.74) is 1.97. The Morgan fingerprint density at radius 1 is 1.30 bits per heavy atom. The number of aryl methyl sites for hydroxylation is 1. The fourth-order valence-corrected chi connectivity index (χ4v) is 3.35. The molecule has 110 valence electrons. The van der Waals surface area contributed by atoms with Crippen molar-refractivity contribution in [1.82, 2.24) is 5.32 Å². The number of nitrogens with one attached hydrogen (secondary N) is 2. The number of carbonyl (C=O) groups is 1. The molecule has 1 aromatic carbocycles. The molecular weight excluding hydrogens is 316 g/mol. The van der Waals surface area contributed by atoms with Gasteiger partial charge in [0, 0.05) is 16.4 Å². The third-order valence-corrected chi connectivity index (χ3v) is 5.36. The molecule has 20 heavy (non-hydrogen) atoms. The Balaban J connectivity index is 2.03. The molecule has 3 nitrogen and oxygen atoms in total. The van der Waals surface area contributed by atoms with Crippen molar-refractivity contribution in [3.63, 3.8) is 0 Å². The van der Waals surface area contributed by atoms with Gasteiger partial charge in [0.15, 0.2) is 0 Å². The lowest BCUT2D eigenvalue weighted by molar-refractivity contribution is -0.117. The van der Waals surface area contributed by atoms with Gasteiger partial charge in [-0.2, -0.15) is 0 Å². The van der Waals surface area contributed by atoms with Gasteiger partial charge in [0.25, 0.3) is 0 Å². The smallest absolute Gasteiger partial charge is 0.226 e. The quantitative estimate of drug-likeness (QED) is 0.870. The lowest BCUT2D eigenvalue weighted by Gasteiger charge is -2.36. The fraction of sp³-hybridized carbons (Fsp3) is 0.562. The van der Waals surface area contributed by atoms with Gasteiger partial charge in [0.1, 0.15) is 0 Å². The first-order valence-electron chi connectivity index (χ1n) is 7.30. The fourth-order valence-electron chi connectivity index (χ4n) is 2.99. The second-order valence-corrected chi connectivity index (χ2v) is 6.55. The lowest BCUT2D eigenvalue weighted by Crippen LogP contribution is -2.47. The minimum Gasteiger partial charge on any atom is -0.325 e. The van der Waals surface area contributed by atoms with Crippen molar-refractivity contribution in [3.05, 3.63) is 28.2 Å². The molecule has 1 aliphatic rings. The van der Waals surface area contributed by atoms with Crippen molar-refractivity contribution in [3.8, 4) is 0 Å². The second kappa shape index (κ2) is 6.72. The third kappa shape index (κ3) is 3.61. The molecule has 1 aliphatic carbocycles. The van der Waals surface area contributed by atoms with E-state index in [1.807, 2.05) is 32.2 Å². The minimum atomic E-state index is -0.0152. The molecule has 0 heterocycles. The maximum Gasteiger partial charge on any atom is 0.226 e. The van der Waals surface area contributed by atoms with E-state index in [1.165, 1.54) is 19.3 Å². The van der Waals surface area contributed by atoms with Crippen LogP contribution in [0.25, 0.3) is 0 Å². The van der Waals surface area contributed by atoms with Crippen LogP contribution in [0.4, 0.5) is 5.69 Å². The van der Waals surface area contributed by atoms with Crippen LogP contribution in [-0.4, -0.2) is 18.5 Å². The molecule has 0 aromatic heterocycles. The van der Waals surface area contributed by atoms with E-state index in [9.17, 15) is 4.79 Å². The summed E-state index contributed by atoms with van der Waals surface area (Å²) < 4.78 is 0.968. The van der Waals surface area contributed by atoms with Gasteiger partial charge in [-0.3, -0.25) is 4.79 Å². The van der Waals surface area contributed by atoms with Crippen molar-refractivity contribution in [2.45, 2.75) is 51.0 Å². The van der Waals surface area contributed by atoms with Gasteiger partial charge in [0.2, 0.25) is 5.91 Å². The molecule has 0 radical (unpaired) electrons. The van der Waals surface area contributed by atoms with Crippen LogP contribution >= 0.6 is 15.9 Å². The minimum absolute atomic E-state index is 0.0152. The van der Waals surface area contributed by atoms with E-state index >= 15 is 0 Å². The Kier molecular flexibility index (Phi) is 5.22. The average molecular weight is 339 g/mol. The summed E-state index contributed by atoms with van der Waals surface area (Å²) in [6, 6.07) is 5.92. The first kappa shape index (κ1) is 15.5. The molecule has 0 unspecified atom stereocenters. The summed E-state index contributed by atoms with van der Waals surface area (Å²) in [7, 11) is 1.97. The molecular formula is C16H23BrN2O. The molecule has 1 fully saturated rings. The van der Waals surface area contributed by atoms with Crippen LogP contribution in [0.5, 0.6) is 0 Å². The molecule has 1 saturated carbocycles. The van der Waals surface area contributed by atoms with Gasteiger partial charge in [0.05, 0.1) is 5.69 Å². The Bertz CT molecular complexity index is 481. The first-order valence-corrected chi connectivity index (χ1v) is 8.09. The van der Waals surface area contributed by atoms with Crippen molar-refractivity contribution >= 4 is 27.5 Å². The third-order valence-electron chi connectivity index (χ3n) is 4.31. The monoisotopic (exact) mass is 338 g/mol. The zero-order valence-corrected chi connectivity index (χ0v) is 13.8. The van der Waals surface area contributed by atoms with E-state index in [1.54, 1.807) is 0 Å². The number of anilines is 1. The summed E-state index contributed by atoms with van der Waals surface area (Å²) in [5.74, 6) is 0.0903. The summed E-state index contributed by atoms with van der Waals surface area (Å²) in [6.07, 6.45) is 6.43. The highest BCUT2D eigenvalue weighted by Gasteiger charge is 2.32. The molecule has 0 atom stereocenters. The summed E-state index contributed by atoms with van der Waals surface area (Å²) in [5, 5.41) is 6.42. The molecule has 2 rings (SSSR count). The van der Waals surface area contributed by atoms with E-state index in [0.29, 0.717) is 6.42 Å². The molecule has 0 bridgehead atoms. The Hall–Kier alpha value is -0.870. The average Bonchev–Trinajstić information content (AvgIpc) is 2.45. The van der Waals surface area contributed by atoms with Crippen LogP contribution in [0, 0.1) is 6.92 Å². The van der Waals surface area contributed by atoms with Crippen LogP contribution in [0.2, 0.25) is 0 Å². The van der Waals surface area contributed by atoms with Gasteiger partial charge in [-0.15, -0.1) is 0 Å². The SMILES string of the molecule is CNC1(CC(=O)Nc2cccc(C)c2Br)CCCCC1. The second-order valence-electron chi connectivity index (χ2n) is 5.75. The summed E-state index contributed by atoms with van der Waals surface area (Å²) >= 11 is 3.53. The van der Waals surface area contributed by atoms with Crippen LogP contribution in [-0.2, 0) is 4.79 Å². The van der Waals surface area contributed by atoms with E-state index in [-0.39, 0.29) is 11.4 Å². The Morgan fingerprint density at radius 2 is 2.00 bits per heavy atom. The topological polar surface area (TPSA) is 41.1 Å². The summed E-state index contributed by atoms with van der Waals surface area (Å²) in [6.45, 7) is 2.02. The number of benzene rings is 1. The molecule has 2 N–H and O–H groups in total. The number of halogens is 1. The van der Waals surface area contributed by atoms with Crippen LogP contribution in [0.3, 0.4) is 0 Å². The molecule has 4 heteroatoms. The van der Waals surface area contributed by atoms with Gasteiger partial charge in [-0.25, -0.2) is 0 Å². The summed E-state index contributed by atoms with van der Waals surface area (Å²) in [4.78, 5) is 12.3. The van der Waals surface area contributed by atoms with Gasteiger partial charge in [-0.1, -0.05) is 31.4 Å². The first-order chi connectivity index (χ1) is 9.56. The van der Waals surface area contributed by atoms with Crippen LogP contribution < -0.4 is 10.6 Å². The maximum atomic E-state index is 12.3. The molecule has 1 aromatic rings. The van der Waals surface area contributed by atoms with Crippen molar-refractivity contribution in [2.24, 2.45) is 0 Å². The predicted octanol–water partition coefficient (Wildman–Crippen LogP) is 4.01. The Morgan fingerprint density at radius 3 is 2.65 bits per heavy atom. The van der Waals surface area contributed by atoms with Gasteiger partial charge >= 0.3 is 0 Å². The number of rotatable bonds is 4. The number of hydrogen-bond acceptors (Lipinski definition) is 2. The van der Waals surface area contributed by atoms with Crippen LogP contribution in [0.1, 0.15) is 44.1 Å². The van der Waals surface area contributed by atoms with E-state index in [2.05, 4.69) is 26.6 Å². The zero-order valence-electron chi connectivity index (χ0n) is 12.3. The number of carbonyl (C=O) groups excluding carboxylic acids is 1. The van der Waals surface area contributed by atoms with Crippen molar-refractivity contribution in [1.29, 1.82) is 0 Å². The number of amides is 1.